The number of nitrogens with zero attached hydrogens (tertiary/aromatic N) is 2. The first-order valence-corrected chi connectivity index (χ1v) is 8.02. The molecule has 1 unspecified atom stereocenters. The number of hydrogen-bond donors (Lipinski definition) is 1. The van der Waals surface area contributed by atoms with E-state index in [9.17, 15) is 0 Å². The second-order valence-corrected chi connectivity index (χ2v) is 5.67. The molecule has 0 aliphatic carbocycles. The Morgan fingerprint density at radius 2 is 1.85 bits per heavy atom. The standard InChI is InChI=1S/C16H28ClN3/c1-5-16(6-2,20(7-3)8-4)15(18)11-13-9-10-19-12-14(13)17/h9-10,12,15H,5-8,11,18H2,1-4H3. The molecule has 0 saturated carbocycles. The molecule has 114 valence electrons. The highest BCUT2D eigenvalue weighted by molar-refractivity contribution is 6.31. The van der Waals surface area contributed by atoms with E-state index < -0.39 is 0 Å². The SMILES string of the molecule is CCN(CC)C(CC)(CC)C(N)Cc1ccncc1Cl. The Hall–Kier alpha value is -0.640. The van der Waals surface area contributed by atoms with Crippen molar-refractivity contribution in [1.29, 1.82) is 0 Å². The number of aromatic nitrogens is 1. The lowest BCUT2D eigenvalue weighted by molar-refractivity contribution is 0.0628. The molecule has 0 saturated heterocycles. The van der Waals surface area contributed by atoms with Crippen LogP contribution in [0, 0.1) is 0 Å². The molecule has 0 aliphatic heterocycles. The molecule has 4 heteroatoms. The number of likely N-dealkylation sites (N-methyl/N-ethyl adjacent to an activating group) is 1. The normalized spacial score (nSPS) is 13.8. The third kappa shape index (κ3) is 3.51. The van der Waals surface area contributed by atoms with Gasteiger partial charge in [-0.3, -0.25) is 9.88 Å². The van der Waals surface area contributed by atoms with E-state index >= 15 is 0 Å². The maximum Gasteiger partial charge on any atom is 0.0621 e. The average molecular weight is 298 g/mol. The zero-order valence-electron chi connectivity index (χ0n) is 13.2. The predicted molar refractivity (Wildman–Crippen MR) is 87.2 cm³/mol. The molecule has 1 rings (SSSR count). The second kappa shape index (κ2) is 7.96. The van der Waals surface area contributed by atoms with Gasteiger partial charge in [0.1, 0.15) is 0 Å². The van der Waals surface area contributed by atoms with E-state index in [4.69, 9.17) is 17.3 Å². The van der Waals surface area contributed by atoms with Crippen LogP contribution in [0.3, 0.4) is 0 Å². The van der Waals surface area contributed by atoms with Crippen molar-refractivity contribution in [2.45, 2.75) is 58.5 Å². The molecule has 0 spiro atoms. The van der Waals surface area contributed by atoms with Crippen LogP contribution in [0.2, 0.25) is 5.02 Å². The summed E-state index contributed by atoms with van der Waals surface area (Å²) in [5.41, 5.74) is 7.73. The fourth-order valence-electron chi connectivity index (χ4n) is 3.31. The van der Waals surface area contributed by atoms with Crippen molar-refractivity contribution < 1.29 is 0 Å². The Kier molecular flexibility index (Phi) is 6.93. The zero-order chi connectivity index (χ0) is 15.2. The minimum Gasteiger partial charge on any atom is -0.326 e. The molecular weight excluding hydrogens is 270 g/mol. The summed E-state index contributed by atoms with van der Waals surface area (Å²) >= 11 is 6.22. The Bertz CT molecular complexity index is 400. The highest BCUT2D eigenvalue weighted by Gasteiger charge is 2.37. The Labute approximate surface area is 128 Å². The average Bonchev–Trinajstić information content (AvgIpc) is 2.47. The Morgan fingerprint density at radius 1 is 1.25 bits per heavy atom. The van der Waals surface area contributed by atoms with Gasteiger partial charge in [0.05, 0.1) is 5.02 Å². The number of nitrogens with two attached hydrogens (primary N) is 1. The molecule has 0 aromatic carbocycles. The van der Waals surface area contributed by atoms with Crippen molar-refractivity contribution in [3.05, 3.63) is 29.0 Å². The summed E-state index contributed by atoms with van der Waals surface area (Å²) in [4.78, 5) is 6.53. The van der Waals surface area contributed by atoms with Crippen LogP contribution in [0.1, 0.15) is 46.1 Å². The summed E-state index contributed by atoms with van der Waals surface area (Å²) in [7, 11) is 0. The van der Waals surface area contributed by atoms with Crippen molar-refractivity contribution in [3.8, 4) is 0 Å². The van der Waals surface area contributed by atoms with Gasteiger partial charge in [-0.2, -0.15) is 0 Å². The van der Waals surface area contributed by atoms with E-state index in [2.05, 4.69) is 37.6 Å². The summed E-state index contributed by atoms with van der Waals surface area (Å²) in [6.45, 7) is 10.9. The van der Waals surface area contributed by atoms with Gasteiger partial charge in [0.2, 0.25) is 0 Å². The molecule has 1 atom stereocenters. The third-order valence-corrected chi connectivity index (χ3v) is 4.94. The Morgan fingerprint density at radius 3 is 2.30 bits per heavy atom. The van der Waals surface area contributed by atoms with E-state index in [1.807, 2.05) is 6.07 Å². The topological polar surface area (TPSA) is 42.1 Å². The van der Waals surface area contributed by atoms with E-state index in [1.165, 1.54) is 0 Å². The van der Waals surface area contributed by atoms with Gasteiger partial charge in [0.15, 0.2) is 0 Å². The van der Waals surface area contributed by atoms with Crippen LogP contribution in [-0.4, -0.2) is 34.6 Å². The van der Waals surface area contributed by atoms with Crippen molar-refractivity contribution in [1.82, 2.24) is 9.88 Å². The van der Waals surface area contributed by atoms with Crippen LogP contribution in [0.4, 0.5) is 0 Å². The molecule has 0 aliphatic rings. The van der Waals surface area contributed by atoms with Crippen LogP contribution in [0.15, 0.2) is 18.5 Å². The molecule has 1 aromatic heterocycles. The van der Waals surface area contributed by atoms with Crippen LogP contribution in [-0.2, 0) is 6.42 Å². The van der Waals surface area contributed by atoms with E-state index in [0.29, 0.717) is 5.02 Å². The lowest BCUT2D eigenvalue weighted by Gasteiger charge is -2.46. The van der Waals surface area contributed by atoms with Gasteiger partial charge < -0.3 is 5.73 Å². The van der Waals surface area contributed by atoms with Crippen molar-refractivity contribution in [2.24, 2.45) is 5.73 Å². The fourth-order valence-corrected chi connectivity index (χ4v) is 3.50. The van der Waals surface area contributed by atoms with Crippen LogP contribution in [0.5, 0.6) is 0 Å². The third-order valence-electron chi connectivity index (χ3n) is 4.60. The van der Waals surface area contributed by atoms with Crippen molar-refractivity contribution in [2.75, 3.05) is 13.1 Å². The van der Waals surface area contributed by atoms with Crippen molar-refractivity contribution >= 4 is 11.6 Å². The summed E-state index contributed by atoms with van der Waals surface area (Å²) in [6.07, 6.45) is 6.37. The van der Waals surface area contributed by atoms with Gasteiger partial charge in [0, 0.05) is 24.0 Å². The van der Waals surface area contributed by atoms with Gasteiger partial charge in [-0.15, -0.1) is 0 Å². The van der Waals surface area contributed by atoms with E-state index in [1.54, 1.807) is 12.4 Å². The smallest absolute Gasteiger partial charge is 0.0621 e. The summed E-state index contributed by atoms with van der Waals surface area (Å²) in [5, 5.41) is 0.712. The number of hydrogen-bond acceptors (Lipinski definition) is 3. The first-order valence-electron chi connectivity index (χ1n) is 7.64. The van der Waals surface area contributed by atoms with Crippen LogP contribution >= 0.6 is 11.6 Å². The summed E-state index contributed by atoms with van der Waals surface area (Å²) < 4.78 is 0. The minimum absolute atomic E-state index is 0.0378. The fraction of sp³-hybridized carbons (Fsp3) is 0.688. The molecule has 2 N–H and O–H groups in total. The van der Waals surface area contributed by atoms with Crippen LogP contribution < -0.4 is 5.73 Å². The second-order valence-electron chi connectivity index (χ2n) is 5.26. The van der Waals surface area contributed by atoms with E-state index in [-0.39, 0.29) is 11.6 Å². The Balaban J connectivity index is 3.00. The molecule has 1 heterocycles. The van der Waals surface area contributed by atoms with Gasteiger partial charge in [-0.25, -0.2) is 0 Å². The molecular formula is C16H28ClN3. The maximum atomic E-state index is 6.61. The molecule has 0 amide bonds. The largest absolute Gasteiger partial charge is 0.326 e. The first kappa shape index (κ1) is 17.4. The highest BCUT2D eigenvalue weighted by atomic mass is 35.5. The molecule has 20 heavy (non-hydrogen) atoms. The summed E-state index contributed by atoms with van der Waals surface area (Å²) in [6, 6.07) is 2.04. The first-order chi connectivity index (χ1) is 9.55. The quantitative estimate of drug-likeness (QED) is 0.798. The van der Waals surface area contributed by atoms with Gasteiger partial charge >= 0.3 is 0 Å². The highest BCUT2D eigenvalue weighted by Crippen LogP contribution is 2.30. The monoisotopic (exact) mass is 297 g/mol. The summed E-state index contributed by atoms with van der Waals surface area (Å²) in [5.74, 6) is 0. The maximum absolute atomic E-state index is 6.61. The molecule has 0 bridgehead atoms. The lowest BCUT2D eigenvalue weighted by Crippen LogP contribution is -2.60. The molecule has 0 radical (unpaired) electrons. The molecule has 3 nitrogen and oxygen atoms in total. The number of pyridine rings is 1. The predicted octanol–water partition coefficient (Wildman–Crippen LogP) is 3.51. The molecule has 0 fully saturated rings. The zero-order valence-corrected chi connectivity index (χ0v) is 14.0. The number of halogens is 1. The lowest BCUT2D eigenvalue weighted by atomic mass is 9.80. The van der Waals surface area contributed by atoms with Crippen LogP contribution in [0.25, 0.3) is 0 Å². The van der Waals surface area contributed by atoms with Gasteiger partial charge in [-0.1, -0.05) is 39.3 Å². The van der Waals surface area contributed by atoms with E-state index in [0.717, 1.165) is 37.9 Å². The van der Waals surface area contributed by atoms with Gasteiger partial charge in [-0.05, 0) is 44.0 Å². The van der Waals surface area contributed by atoms with Crippen molar-refractivity contribution in [3.63, 3.8) is 0 Å². The molecule has 1 aromatic rings. The number of rotatable bonds is 8. The minimum atomic E-state index is 0.0378. The van der Waals surface area contributed by atoms with Gasteiger partial charge in [0.25, 0.3) is 0 Å².